The number of H-pyrrole nitrogens is 1. The molecule has 156 valence electrons. The topological polar surface area (TPSA) is 131 Å². The van der Waals surface area contributed by atoms with Gasteiger partial charge in [0.05, 0.1) is 23.1 Å². The second-order valence-corrected chi connectivity index (χ2v) is 8.60. The van der Waals surface area contributed by atoms with E-state index in [9.17, 15) is 4.79 Å². The van der Waals surface area contributed by atoms with Gasteiger partial charge in [0, 0.05) is 30.0 Å². The maximum Gasteiger partial charge on any atom is 0.291 e. The molecule has 0 aliphatic heterocycles. The molecule has 0 aliphatic rings. The highest BCUT2D eigenvalue weighted by Gasteiger charge is 2.18. The standard InChI is InChI=1S/C20H17ClN8OS/c1-28-16-13(17-19(28)27-15(31-17)7-11(23)4-5-22)8-24-29(20(16)30)9-12-3-2-10-6-14(21)26-18(10)25-12/h2-6,8,23H,7,9,22H2,1H3,(H,25,26)/b5-4-,23-11?. The molecule has 5 aromatic rings. The molecular formula is C20H17ClN8OS. The third kappa shape index (κ3) is 3.29. The highest BCUT2D eigenvalue weighted by molar-refractivity contribution is 7.19. The lowest BCUT2D eigenvalue weighted by atomic mass is 10.3. The van der Waals surface area contributed by atoms with Gasteiger partial charge in [-0.15, -0.1) is 11.3 Å². The molecule has 0 atom stereocenters. The number of aromatic nitrogens is 6. The first-order chi connectivity index (χ1) is 14.9. The summed E-state index contributed by atoms with van der Waals surface area (Å²) in [6.45, 7) is 0.238. The van der Waals surface area contributed by atoms with Crippen LogP contribution in [0, 0.1) is 5.41 Å². The summed E-state index contributed by atoms with van der Waals surface area (Å²) in [6, 6.07) is 5.56. The van der Waals surface area contributed by atoms with Crippen LogP contribution >= 0.6 is 22.9 Å². The van der Waals surface area contributed by atoms with Gasteiger partial charge in [0.1, 0.15) is 21.3 Å². The Hall–Kier alpha value is -3.50. The van der Waals surface area contributed by atoms with Crippen LogP contribution in [-0.4, -0.2) is 35.0 Å². The Bertz CT molecular complexity index is 1570. The largest absolute Gasteiger partial charge is 0.405 e. The summed E-state index contributed by atoms with van der Waals surface area (Å²) >= 11 is 7.45. The van der Waals surface area contributed by atoms with Crippen molar-refractivity contribution in [3.8, 4) is 0 Å². The SMILES string of the molecule is Cn1c2nc(CC(=N)/C=C\N)sc2c2cnn(Cc3ccc4cc(Cl)[nH]c4n3)c(=O)c21. The number of allylic oxidation sites excluding steroid dienone is 1. The summed E-state index contributed by atoms with van der Waals surface area (Å²) in [5.41, 5.74) is 8.12. The van der Waals surface area contributed by atoms with Gasteiger partial charge in [-0.05, 0) is 30.5 Å². The first-order valence-electron chi connectivity index (χ1n) is 9.38. The smallest absolute Gasteiger partial charge is 0.291 e. The molecule has 0 saturated carbocycles. The van der Waals surface area contributed by atoms with Crippen LogP contribution in [0.15, 0.2) is 41.5 Å². The summed E-state index contributed by atoms with van der Waals surface area (Å²) in [7, 11) is 1.82. The van der Waals surface area contributed by atoms with Crippen molar-refractivity contribution < 1.29 is 0 Å². The zero-order valence-electron chi connectivity index (χ0n) is 16.4. The van der Waals surface area contributed by atoms with E-state index in [1.807, 2.05) is 19.2 Å². The Morgan fingerprint density at radius 3 is 3.03 bits per heavy atom. The Balaban J connectivity index is 1.54. The number of nitrogens with zero attached hydrogens (tertiary/aromatic N) is 5. The zero-order valence-corrected chi connectivity index (χ0v) is 18.0. The van der Waals surface area contributed by atoms with Gasteiger partial charge in [-0.25, -0.2) is 14.6 Å². The zero-order chi connectivity index (χ0) is 21.7. The van der Waals surface area contributed by atoms with Gasteiger partial charge in [-0.1, -0.05) is 11.6 Å². The van der Waals surface area contributed by atoms with E-state index < -0.39 is 0 Å². The monoisotopic (exact) mass is 452 g/mol. The number of nitrogens with one attached hydrogen (secondary N) is 2. The highest BCUT2D eigenvalue weighted by Crippen LogP contribution is 2.31. The lowest BCUT2D eigenvalue weighted by molar-refractivity contribution is 0.634. The molecular weight excluding hydrogens is 436 g/mol. The van der Waals surface area contributed by atoms with Gasteiger partial charge in [-0.2, -0.15) is 5.10 Å². The normalized spacial score (nSPS) is 12.1. The van der Waals surface area contributed by atoms with Crippen LogP contribution in [0.25, 0.3) is 32.3 Å². The summed E-state index contributed by atoms with van der Waals surface area (Å²) in [6.07, 6.45) is 4.96. The van der Waals surface area contributed by atoms with Crippen molar-refractivity contribution in [2.75, 3.05) is 0 Å². The molecule has 0 aromatic carbocycles. The Morgan fingerprint density at radius 2 is 2.23 bits per heavy atom. The summed E-state index contributed by atoms with van der Waals surface area (Å²) in [5, 5.41) is 15.2. The molecule has 5 aromatic heterocycles. The molecule has 0 bridgehead atoms. The highest BCUT2D eigenvalue weighted by atomic mass is 35.5. The molecule has 0 fully saturated rings. The number of hydrogen-bond donors (Lipinski definition) is 3. The first kappa shape index (κ1) is 19.5. The number of fused-ring (bicyclic) bond motifs is 4. The van der Waals surface area contributed by atoms with Gasteiger partial charge in [0.15, 0.2) is 5.65 Å². The number of rotatable bonds is 5. The van der Waals surface area contributed by atoms with E-state index in [-0.39, 0.29) is 12.1 Å². The fourth-order valence-electron chi connectivity index (χ4n) is 3.61. The van der Waals surface area contributed by atoms with Crippen LogP contribution < -0.4 is 11.3 Å². The van der Waals surface area contributed by atoms with Crippen LogP contribution in [0.2, 0.25) is 5.15 Å². The minimum absolute atomic E-state index is 0.211. The van der Waals surface area contributed by atoms with Gasteiger partial charge in [-0.3, -0.25) is 4.79 Å². The fourth-order valence-corrected chi connectivity index (χ4v) is 4.95. The van der Waals surface area contributed by atoms with Crippen LogP contribution in [0.1, 0.15) is 10.7 Å². The molecule has 11 heteroatoms. The number of aryl methyl sites for hydroxylation is 1. The molecule has 0 aliphatic carbocycles. The van der Waals surface area contributed by atoms with Gasteiger partial charge < -0.3 is 20.7 Å². The van der Waals surface area contributed by atoms with Crippen molar-refractivity contribution in [3.63, 3.8) is 0 Å². The van der Waals surface area contributed by atoms with Crippen molar-refractivity contribution in [1.29, 1.82) is 5.41 Å². The van der Waals surface area contributed by atoms with E-state index in [0.29, 0.717) is 39.8 Å². The third-order valence-corrected chi connectivity index (χ3v) is 6.31. The molecule has 9 nitrogen and oxygen atoms in total. The molecule has 4 N–H and O–H groups in total. The maximum atomic E-state index is 13.2. The van der Waals surface area contributed by atoms with Crippen molar-refractivity contribution in [2.24, 2.45) is 12.8 Å². The summed E-state index contributed by atoms with van der Waals surface area (Å²) in [5.74, 6) is 0. The third-order valence-electron chi connectivity index (χ3n) is 5.02. The molecule has 5 heterocycles. The van der Waals surface area contributed by atoms with Crippen LogP contribution in [0.4, 0.5) is 0 Å². The van der Waals surface area contributed by atoms with E-state index in [1.54, 1.807) is 16.8 Å². The van der Waals surface area contributed by atoms with E-state index >= 15 is 0 Å². The number of halogens is 1. The predicted molar refractivity (Wildman–Crippen MR) is 123 cm³/mol. The maximum absolute atomic E-state index is 13.2. The van der Waals surface area contributed by atoms with Crippen molar-refractivity contribution in [1.82, 2.24) is 29.3 Å². The number of nitrogens with two attached hydrogens (primary N) is 1. The van der Waals surface area contributed by atoms with Crippen molar-refractivity contribution in [2.45, 2.75) is 13.0 Å². The predicted octanol–water partition coefficient (Wildman–Crippen LogP) is 2.96. The minimum Gasteiger partial charge on any atom is -0.405 e. The molecule has 0 unspecified atom stereocenters. The molecule has 0 radical (unpaired) electrons. The van der Waals surface area contributed by atoms with E-state index in [1.165, 1.54) is 28.3 Å². The Labute approximate surface area is 184 Å². The molecule has 0 saturated heterocycles. The quantitative estimate of drug-likeness (QED) is 0.353. The molecule has 31 heavy (non-hydrogen) atoms. The van der Waals surface area contributed by atoms with Crippen molar-refractivity contribution in [3.05, 3.63) is 62.9 Å². The lowest BCUT2D eigenvalue weighted by Gasteiger charge is -2.05. The van der Waals surface area contributed by atoms with Gasteiger partial charge in [0.2, 0.25) is 0 Å². The average Bonchev–Trinajstić information content (AvgIpc) is 3.37. The second-order valence-electron chi connectivity index (χ2n) is 7.11. The van der Waals surface area contributed by atoms with Crippen LogP contribution in [-0.2, 0) is 20.0 Å². The Kier molecular flexibility index (Phi) is 4.60. The minimum atomic E-state index is -0.211. The van der Waals surface area contributed by atoms with Gasteiger partial charge >= 0.3 is 0 Å². The lowest BCUT2D eigenvalue weighted by Crippen LogP contribution is -2.25. The number of pyridine rings is 1. The summed E-state index contributed by atoms with van der Waals surface area (Å²) < 4.78 is 4.07. The van der Waals surface area contributed by atoms with Crippen molar-refractivity contribution >= 4 is 60.9 Å². The van der Waals surface area contributed by atoms with E-state index in [2.05, 4.69) is 20.1 Å². The average molecular weight is 453 g/mol. The molecule has 0 amide bonds. The molecule has 5 rings (SSSR count). The Morgan fingerprint density at radius 1 is 1.39 bits per heavy atom. The van der Waals surface area contributed by atoms with E-state index in [0.717, 1.165) is 20.5 Å². The van der Waals surface area contributed by atoms with Gasteiger partial charge in [0.25, 0.3) is 5.56 Å². The van der Waals surface area contributed by atoms with E-state index in [4.69, 9.17) is 22.7 Å². The second kappa shape index (κ2) is 7.33. The fraction of sp³-hybridized carbons (Fsp3) is 0.150. The van der Waals surface area contributed by atoms with Crippen LogP contribution in [0.5, 0.6) is 0 Å². The molecule has 0 spiro atoms. The number of aromatic amines is 1. The number of thiazole rings is 1. The van der Waals surface area contributed by atoms with Crippen LogP contribution in [0.3, 0.4) is 0 Å². The summed E-state index contributed by atoms with van der Waals surface area (Å²) in [4.78, 5) is 25.3. The number of hydrogen-bond acceptors (Lipinski definition) is 7. The first-order valence-corrected chi connectivity index (χ1v) is 10.6.